The standard InChI is InChI=1S/C18H30N2O5S/c1-17(2,3)20-26(23,24)15-9-7-13(8-10-15)11-14(12-21)19-16(22)25-18(4,5)6/h7-10,14,20-21H,11-12H2,1-6H3,(H,19,22). The topological polar surface area (TPSA) is 105 Å². The molecule has 0 saturated heterocycles. The van der Waals surface area contributed by atoms with Crippen LogP contribution in [-0.4, -0.2) is 43.4 Å². The average Bonchev–Trinajstić information content (AvgIpc) is 2.42. The summed E-state index contributed by atoms with van der Waals surface area (Å²) in [5, 5.41) is 12.1. The molecule has 0 bridgehead atoms. The molecule has 0 aromatic heterocycles. The van der Waals surface area contributed by atoms with Crippen molar-refractivity contribution in [2.24, 2.45) is 0 Å². The number of amides is 1. The Labute approximate surface area is 156 Å². The maximum Gasteiger partial charge on any atom is 0.407 e. The summed E-state index contributed by atoms with van der Waals surface area (Å²) >= 11 is 0. The largest absolute Gasteiger partial charge is 0.444 e. The Morgan fingerprint density at radius 3 is 2.08 bits per heavy atom. The van der Waals surface area contributed by atoms with Gasteiger partial charge in [0.2, 0.25) is 10.0 Å². The molecule has 0 aliphatic heterocycles. The first-order valence-corrected chi connectivity index (χ1v) is 9.93. The van der Waals surface area contributed by atoms with Gasteiger partial charge in [-0.15, -0.1) is 0 Å². The Balaban J connectivity index is 2.77. The summed E-state index contributed by atoms with van der Waals surface area (Å²) in [5.41, 5.74) is -0.411. The Morgan fingerprint density at radius 2 is 1.65 bits per heavy atom. The number of aliphatic hydroxyl groups excluding tert-OH is 1. The second-order valence-corrected chi connectivity index (χ2v) is 9.91. The Bertz CT molecular complexity index is 701. The minimum atomic E-state index is -3.60. The average molecular weight is 387 g/mol. The summed E-state index contributed by atoms with van der Waals surface area (Å²) in [6.07, 6.45) is -0.256. The van der Waals surface area contributed by atoms with Gasteiger partial charge in [-0.05, 0) is 65.7 Å². The van der Waals surface area contributed by atoms with Gasteiger partial charge >= 0.3 is 6.09 Å². The van der Waals surface area contributed by atoms with E-state index in [1.54, 1.807) is 53.7 Å². The van der Waals surface area contributed by atoms with E-state index < -0.39 is 33.3 Å². The van der Waals surface area contributed by atoms with E-state index >= 15 is 0 Å². The highest BCUT2D eigenvalue weighted by Crippen LogP contribution is 2.15. The fourth-order valence-corrected chi connectivity index (χ4v) is 3.61. The van der Waals surface area contributed by atoms with Gasteiger partial charge in [-0.3, -0.25) is 0 Å². The summed E-state index contributed by atoms with van der Waals surface area (Å²) in [4.78, 5) is 12.0. The van der Waals surface area contributed by atoms with Gasteiger partial charge in [0, 0.05) is 5.54 Å². The number of alkyl carbamates (subject to hydrolysis) is 1. The highest BCUT2D eigenvalue weighted by atomic mass is 32.2. The van der Waals surface area contributed by atoms with Crippen LogP contribution in [0.5, 0.6) is 0 Å². The van der Waals surface area contributed by atoms with Gasteiger partial charge in [-0.2, -0.15) is 0 Å². The molecule has 0 fully saturated rings. The van der Waals surface area contributed by atoms with E-state index in [0.717, 1.165) is 5.56 Å². The zero-order valence-electron chi connectivity index (χ0n) is 16.3. The molecular formula is C18H30N2O5S. The second-order valence-electron chi connectivity index (χ2n) is 8.23. The summed E-state index contributed by atoms with van der Waals surface area (Å²) < 4.78 is 32.3. The maximum atomic E-state index is 12.3. The lowest BCUT2D eigenvalue weighted by Crippen LogP contribution is -2.42. The third-order valence-electron chi connectivity index (χ3n) is 3.10. The molecule has 0 radical (unpaired) electrons. The van der Waals surface area contributed by atoms with Crippen LogP contribution in [0.3, 0.4) is 0 Å². The van der Waals surface area contributed by atoms with Gasteiger partial charge in [-0.1, -0.05) is 12.1 Å². The molecule has 26 heavy (non-hydrogen) atoms. The molecule has 7 nitrogen and oxygen atoms in total. The summed E-state index contributed by atoms with van der Waals surface area (Å²) in [6, 6.07) is 5.81. The van der Waals surface area contributed by atoms with Crippen molar-refractivity contribution in [2.75, 3.05) is 6.61 Å². The van der Waals surface area contributed by atoms with Crippen LogP contribution in [0.25, 0.3) is 0 Å². The third kappa shape index (κ3) is 8.16. The number of sulfonamides is 1. The van der Waals surface area contributed by atoms with Crippen LogP contribution in [0.2, 0.25) is 0 Å². The van der Waals surface area contributed by atoms with Crippen molar-refractivity contribution in [3.05, 3.63) is 29.8 Å². The molecule has 1 unspecified atom stereocenters. The highest BCUT2D eigenvalue weighted by Gasteiger charge is 2.22. The van der Waals surface area contributed by atoms with Gasteiger partial charge in [0.15, 0.2) is 0 Å². The lowest BCUT2D eigenvalue weighted by molar-refractivity contribution is 0.0483. The van der Waals surface area contributed by atoms with Crippen LogP contribution in [0, 0.1) is 0 Å². The molecule has 1 rings (SSSR count). The molecule has 3 N–H and O–H groups in total. The minimum absolute atomic E-state index is 0.164. The Kier molecular flexibility index (Phi) is 7.21. The molecule has 0 saturated carbocycles. The minimum Gasteiger partial charge on any atom is -0.444 e. The predicted octanol–water partition coefficient (Wildman–Crippen LogP) is 2.19. The van der Waals surface area contributed by atoms with E-state index in [4.69, 9.17) is 4.74 Å². The fraction of sp³-hybridized carbons (Fsp3) is 0.611. The van der Waals surface area contributed by atoms with Gasteiger partial charge < -0.3 is 15.2 Å². The first-order valence-electron chi connectivity index (χ1n) is 8.45. The quantitative estimate of drug-likeness (QED) is 0.695. The van der Waals surface area contributed by atoms with Crippen molar-refractivity contribution in [1.29, 1.82) is 0 Å². The van der Waals surface area contributed by atoms with Crippen LogP contribution >= 0.6 is 0 Å². The lowest BCUT2D eigenvalue weighted by Gasteiger charge is -2.23. The molecule has 8 heteroatoms. The van der Waals surface area contributed by atoms with Crippen LogP contribution in [0.4, 0.5) is 4.79 Å². The summed E-state index contributed by atoms with van der Waals surface area (Å²) in [6.45, 7) is 10.3. The van der Waals surface area contributed by atoms with E-state index in [9.17, 15) is 18.3 Å². The van der Waals surface area contributed by atoms with Crippen molar-refractivity contribution in [2.45, 2.75) is 70.0 Å². The van der Waals surface area contributed by atoms with E-state index in [1.165, 1.54) is 12.1 Å². The number of carbonyl (C=O) groups is 1. The third-order valence-corrected chi connectivity index (χ3v) is 4.87. The number of hydrogen-bond acceptors (Lipinski definition) is 5. The number of hydrogen-bond donors (Lipinski definition) is 3. The Morgan fingerprint density at radius 1 is 1.12 bits per heavy atom. The number of benzene rings is 1. The van der Waals surface area contributed by atoms with Crippen LogP contribution in [0.15, 0.2) is 29.2 Å². The number of rotatable bonds is 6. The second kappa shape index (κ2) is 8.37. The summed E-state index contributed by atoms with van der Waals surface area (Å²) in [5.74, 6) is 0. The lowest BCUT2D eigenvalue weighted by atomic mass is 10.1. The van der Waals surface area contributed by atoms with Crippen molar-refractivity contribution in [3.8, 4) is 0 Å². The monoisotopic (exact) mass is 386 g/mol. The predicted molar refractivity (Wildman–Crippen MR) is 100 cm³/mol. The van der Waals surface area contributed by atoms with Gasteiger partial charge in [0.25, 0.3) is 0 Å². The van der Waals surface area contributed by atoms with Crippen molar-refractivity contribution >= 4 is 16.1 Å². The first-order chi connectivity index (χ1) is 11.7. The molecule has 0 aliphatic carbocycles. The molecule has 148 valence electrons. The van der Waals surface area contributed by atoms with Crippen molar-refractivity contribution in [1.82, 2.24) is 10.0 Å². The van der Waals surface area contributed by atoms with Crippen LogP contribution in [0.1, 0.15) is 47.1 Å². The number of nitrogens with one attached hydrogen (secondary N) is 2. The van der Waals surface area contributed by atoms with Crippen molar-refractivity contribution in [3.63, 3.8) is 0 Å². The molecule has 1 amide bonds. The fourth-order valence-electron chi connectivity index (χ4n) is 2.19. The van der Waals surface area contributed by atoms with E-state index in [-0.39, 0.29) is 11.5 Å². The van der Waals surface area contributed by atoms with E-state index in [1.807, 2.05) is 0 Å². The maximum absolute atomic E-state index is 12.3. The van der Waals surface area contributed by atoms with Crippen molar-refractivity contribution < 1.29 is 23.1 Å². The molecule has 1 aromatic carbocycles. The molecule has 0 heterocycles. The van der Waals surface area contributed by atoms with Gasteiger partial charge in [0.05, 0.1) is 17.5 Å². The zero-order chi connectivity index (χ0) is 20.2. The molecule has 1 atom stereocenters. The smallest absolute Gasteiger partial charge is 0.407 e. The molecule has 1 aromatic rings. The van der Waals surface area contributed by atoms with E-state index in [2.05, 4.69) is 10.0 Å². The zero-order valence-corrected chi connectivity index (χ0v) is 17.1. The Hall–Kier alpha value is -1.64. The number of aliphatic hydroxyl groups is 1. The van der Waals surface area contributed by atoms with Gasteiger partial charge in [-0.25, -0.2) is 17.9 Å². The van der Waals surface area contributed by atoms with E-state index in [0.29, 0.717) is 6.42 Å². The number of carbonyl (C=O) groups excluding carboxylic acids is 1. The molecule has 0 spiro atoms. The summed E-state index contributed by atoms with van der Waals surface area (Å²) in [7, 11) is -3.60. The number of ether oxygens (including phenoxy) is 1. The van der Waals surface area contributed by atoms with Crippen LogP contribution < -0.4 is 10.0 Å². The normalized spacial score (nSPS) is 14.0. The highest BCUT2D eigenvalue weighted by molar-refractivity contribution is 7.89. The van der Waals surface area contributed by atoms with Crippen LogP contribution in [-0.2, 0) is 21.2 Å². The SMILES string of the molecule is CC(C)(C)NS(=O)(=O)c1ccc(CC(CO)NC(=O)OC(C)(C)C)cc1. The molecular weight excluding hydrogens is 356 g/mol. The first kappa shape index (κ1) is 22.4. The molecule has 0 aliphatic rings. The van der Waals surface area contributed by atoms with Gasteiger partial charge in [0.1, 0.15) is 5.60 Å².